The third-order valence-electron chi connectivity index (χ3n) is 4.62. The lowest BCUT2D eigenvalue weighted by atomic mass is 10.0. The highest BCUT2D eigenvalue weighted by Crippen LogP contribution is 2.20. The number of benzene rings is 1. The van der Waals surface area contributed by atoms with E-state index in [9.17, 15) is 9.90 Å². The normalized spacial score (nSPS) is 16.8. The van der Waals surface area contributed by atoms with Crippen LogP contribution in [-0.4, -0.2) is 36.0 Å². The summed E-state index contributed by atoms with van der Waals surface area (Å²) >= 11 is 0. The predicted molar refractivity (Wildman–Crippen MR) is 99.2 cm³/mol. The molecule has 7 heteroatoms. The summed E-state index contributed by atoms with van der Waals surface area (Å²) in [6.07, 6.45) is 6.34. The number of hydrogen-bond acceptors (Lipinski definition) is 6. The Labute approximate surface area is 158 Å². The van der Waals surface area contributed by atoms with E-state index in [-0.39, 0.29) is 12.6 Å². The van der Waals surface area contributed by atoms with E-state index < -0.39 is 18.2 Å². The Balaban J connectivity index is 1.54. The lowest BCUT2D eigenvalue weighted by Crippen LogP contribution is -2.49. The first-order valence-electron chi connectivity index (χ1n) is 9.32. The topological polar surface area (TPSA) is 93.0 Å². The fraction of sp³-hybridized carbons (Fsp3) is 0.450. The van der Waals surface area contributed by atoms with Gasteiger partial charge in [-0.2, -0.15) is 5.48 Å². The molecule has 0 aliphatic heterocycles. The van der Waals surface area contributed by atoms with Crippen LogP contribution in [0.5, 0.6) is 5.75 Å². The number of aliphatic hydroxyl groups is 1. The van der Waals surface area contributed by atoms with E-state index in [1.807, 2.05) is 30.3 Å². The number of rotatable bonds is 9. The van der Waals surface area contributed by atoms with E-state index in [1.54, 1.807) is 6.07 Å². The summed E-state index contributed by atoms with van der Waals surface area (Å²) in [4.78, 5) is 17.8. The molecule has 27 heavy (non-hydrogen) atoms. The van der Waals surface area contributed by atoms with Crippen LogP contribution < -0.4 is 15.5 Å². The first kappa shape index (κ1) is 19.4. The summed E-state index contributed by atoms with van der Waals surface area (Å²) in [6.45, 7) is 0.208. The number of furan rings is 1. The van der Waals surface area contributed by atoms with Crippen LogP contribution in [0.25, 0.3) is 0 Å². The maximum Gasteiger partial charge on any atom is 0.413 e. The van der Waals surface area contributed by atoms with Crippen molar-refractivity contribution in [3.8, 4) is 5.75 Å². The average Bonchev–Trinajstić information content (AvgIpc) is 3.36. The van der Waals surface area contributed by atoms with Gasteiger partial charge >= 0.3 is 6.09 Å². The van der Waals surface area contributed by atoms with Crippen molar-refractivity contribution >= 4 is 6.09 Å². The van der Waals surface area contributed by atoms with E-state index in [1.165, 1.54) is 25.4 Å². The molecule has 0 radical (unpaired) electrons. The number of hydrogen-bond donors (Lipinski definition) is 3. The van der Waals surface area contributed by atoms with Gasteiger partial charge in [0, 0.05) is 12.6 Å². The molecule has 1 fully saturated rings. The number of carbonyl (C=O) groups excluding carboxylic acids is 1. The standard InChI is InChI=1S/C20H26N2O5/c23-19(13-21-27-16-8-4-5-9-16)18(12-15-6-2-1-3-7-15)22-20(24)26-17-10-11-25-14-17/h1-3,6-7,10-11,14,16,18-19,21,23H,4-5,8-9,12-13H2,(H,22,24)/t18-,19+/m0/s1. The minimum Gasteiger partial charge on any atom is -0.469 e. The zero-order chi connectivity index (χ0) is 18.9. The van der Waals surface area contributed by atoms with Gasteiger partial charge in [0.1, 0.15) is 6.26 Å². The van der Waals surface area contributed by atoms with Crippen LogP contribution in [0.2, 0.25) is 0 Å². The van der Waals surface area contributed by atoms with Gasteiger partial charge in [-0.05, 0) is 24.8 Å². The second-order valence-corrected chi connectivity index (χ2v) is 6.73. The lowest BCUT2D eigenvalue weighted by Gasteiger charge is -2.24. The van der Waals surface area contributed by atoms with E-state index in [2.05, 4.69) is 10.8 Å². The molecule has 146 valence electrons. The SMILES string of the molecule is O=C(N[C@@H](Cc1ccccc1)[C@H](O)CNOC1CCCC1)Oc1ccoc1. The third kappa shape index (κ3) is 6.39. The zero-order valence-electron chi connectivity index (χ0n) is 15.2. The van der Waals surface area contributed by atoms with Crippen molar-refractivity contribution in [2.75, 3.05) is 6.54 Å². The molecular weight excluding hydrogens is 348 g/mol. The van der Waals surface area contributed by atoms with Crippen molar-refractivity contribution in [3.05, 3.63) is 54.5 Å². The van der Waals surface area contributed by atoms with Gasteiger partial charge < -0.3 is 19.6 Å². The van der Waals surface area contributed by atoms with Gasteiger partial charge in [0.2, 0.25) is 0 Å². The number of amides is 1. The molecule has 3 N–H and O–H groups in total. The molecule has 0 spiro atoms. The van der Waals surface area contributed by atoms with Crippen LogP contribution in [0.1, 0.15) is 31.2 Å². The molecule has 1 aliphatic carbocycles. The van der Waals surface area contributed by atoms with Crippen LogP contribution in [0.4, 0.5) is 4.79 Å². The van der Waals surface area contributed by atoms with Gasteiger partial charge in [-0.1, -0.05) is 43.2 Å². The zero-order valence-corrected chi connectivity index (χ0v) is 15.2. The van der Waals surface area contributed by atoms with Crippen LogP contribution in [0, 0.1) is 0 Å². The summed E-state index contributed by atoms with van der Waals surface area (Å²) in [5.74, 6) is 0.308. The molecular formula is C20H26N2O5. The van der Waals surface area contributed by atoms with Crippen LogP contribution >= 0.6 is 0 Å². The van der Waals surface area contributed by atoms with Gasteiger partial charge in [-0.3, -0.25) is 4.84 Å². The second-order valence-electron chi connectivity index (χ2n) is 6.73. The molecule has 2 atom stereocenters. The minimum atomic E-state index is -0.844. The van der Waals surface area contributed by atoms with E-state index in [4.69, 9.17) is 14.0 Å². The van der Waals surface area contributed by atoms with Gasteiger partial charge in [-0.15, -0.1) is 0 Å². The maximum atomic E-state index is 12.2. The van der Waals surface area contributed by atoms with Crippen molar-refractivity contribution in [2.24, 2.45) is 0 Å². The molecule has 2 aromatic rings. The first-order chi connectivity index (χ1) is 13.2. The highest BCUT2D eigenvalue weighted by molar-refractivity contribution is 5.70. The minimum absolute atomic E-state index is 0.198. The monoisotopic (exact) mass is 374 g/mol. The van der Waals surface area contributed by atoms with Gasteiger partial charge in [0.05, 0.1) is 24.5 Å². The van der Waals surface area contributed by atoms with Gasteiger partial charge in [0.25, 0.3) is 0 Å². The molecule has 1 aliphatic rings. The Morgan fingerprint density at radius 2 is 2.00 bits per heavy atom. The molecule has 1 aromatic heterocycles. The van der Waals surface area contributed by atoms with E-state index in [0.29, 0.717) is 12.2 Å². The Bertz CT molecular complexity index is 671. The molecule has 1 aromatic carbocycles. The molecule has 3 rings (SSSR count). The second kappa shape index (κ2) is 10.1. The molecule has 1 amide bonds. The first-order valence-corrected chi connectivity index (χ1v) is 9.32. The molecule has 7 nitrogen and oxygen atoms in total. The lowest BCUT2D eigenvalue weighted by molar-refractivity contribution is -0.0409. The van der Waals surface area contributed by atoms with Crippen LogP contribution in [0.15, 0.2) is 53.3 Å². The van der Waals surface area contributed by atoms with E-state index >= 15 is 0 Å². The highest BCUT2D eigenvalue weighted by atomic mass is 16.7. The molecule has 1 heterocycles. The molecule has 0 saturated heterocycles. The van der Waals surface area contributed by atoms with Crippen LogP contribution in [0.3, 0.4) is 0 Å². The Hall–Kier alpha value is -2.35. The highest BCUT2D eigenvalue weighted by Gasteiger charge is 2.24. The Morgan fingerprint density at radius 1 is 1.22 bits per heavy atom. The largest absolute Gasteiger partial charge is 0.469 e. The number of nitrogens with one attached hydrogen (secondary N) is 2. The molecule has 1 saturated carbocycles. The predicted octanol–water partition coefficient (Wildman–Crippen LogP) is 2.80. The number of hydroxylamine groups is 1. The number of carbonyl (C=O) groups is 1. The number of aliphatic hydroxyl groups excluding tert-OH is 1. The van der Waals surface area contributed by atoms with Crippen LogP contribution in [-0.2, 0) is 11.3 Å². The van der Waals surface area contributed by atoms with Crippen molar-refractivity contribution in [1.29, 1.82) is 0 Å². The quantitative estimate of drug-likeness (QED) is 0.585. The number of ether oxygens (including phenoxy) is 1. The van der Waals surface area contributed by atoms with E-state index in [0.717, 1.165) is 18.4 Å². The Kier molecular flexibility index (Phi) is 7.27. The maximum absolute atomic E-state index is 12.2. The average molecular weight is 374 g/mol. The van der Waals surface area contributed by atoms with Gasteiger partial charge in [0.15, 0.2) is 5.75 Å². The smallest absolute Gasteiger partial charge is 0.413 e. The third-order valence-corrected chi connectivity index (χ3v) is 4.62. The van der Waals surface area contributed by atoms with Gasteiger partial charge in [-0.25, -0.2) is 4.79 Å². The van der Waals surface area contributed by atoms with Crippen molar-refractivity contribution < 1.29 is 23.9 Å². The van der Waals surface area contributed by atoms with Crippen molar-refractivity contribution in [3.63, 3.8) is 0 Å². The summed E-state index contributed by atoms with van der Waals surface area (Å²) < 4.78 is 10.0. The summed E-state index contributed by atoms with van der Waals surface area (Å²) in [7, 11) is 0. The molecule has 0 bridgehead atoms. The fourth-order valence-corrected chi connectivity index (χ4v) is 3.15. The van der Waals surface area contributed by atoms with Crippen molar-refractivity contribution in [2.45, 2.75) is 50.4 Å². The molecule has 0 unspecified atom stereocenters. The summed E-state index contributed by atoms with van der Waals surface area (Å²) in [5, 5.41) is 13.3. The fourth-order valence-electron chi connectivity index (χ4n) is 3.15. The summed E-state index contributed by atoms with van der Waals surface area (Å²) in [5.41, 5.74) is 3.86. The Morgan fingerprint density at radius 3 is 2.70 bits per heavy atom. The van der Waals surface area contributed by atoms with Crippen molar-refractivity contribution in [1.82, 2.24) is 10.8 Å². The summed E-state index contributed by atoms with van der Waals surface area (Å²) in [6, 6.07) is 10.7.